The number of carbonyl (C=O) groups is 2. The molecule has 0 bridgehead atoms. The minimum atomic E-state index is -0.580. The standard InChI is InChI=1S/C21H18N6O3/c1-27-12-14-4-2-5-15(18(14)26-27)20(29)24-11-13-7-9-22-17(10-13)25-21(30)19-16(28)6-3-8-23-19/h2-10,12,28H,11H2,1H3,(H,24,29)(H,22,25,30). The van der Waals surface area contributed by atoms with Crippen LogP contribution >= 0.6 is 0 Å². The molecule has 0 unspecified atom stereocenters. The number of nitrogens with zero attached hydrogens (tertiary/aromatic N) is 4. The van der Waals surface area contributed by atoms with Gasteiger partial charge in [-0.05, 0) is 35.9 Å². The van der Waals surface area contributed by atoms with E-state index in [0.717, 1.165) is 10.9 Å². The number of hydrogen-bond donors (Lipinski definition) is 3. The highest BCUT2D eigenvalue weighted by Crippen LogP contribution is 2.17. The third kappa shape index (κ3) is 3.95. The number of aryl methyl sites for hydroxylation is 1. The molecule has 1 aromatic carbocycles. The Morgan fingerprint density at radius 2 is 1.93 bits per heavy atom. The molecule has 0 aliphatic rings. The number of nitrogens with one attached hydrogen (secondary N) is 2. The maximum atomic E-state index is 12.6. The third-order valence-electron chi connectivity index (χ3n) is 4.42. The second kappa shape index (κ2) is 8.00. The van der Waals surface area contributed by atoms with E-state index in [1.807, 2.05) is 18.3 Å². The van der Waals surface area contributed by atoms with Crippen LogP contribution in [0.4, 0.5) is 5.82 Å². The first kappa shape index (κ1) is 19.1. The van der Waals surface area contributed by atoms with Crippen LogP contribution in [0.3, 0.4) is 0 Å². The van der Waals surface area contributed by atoms with Crippen molar-refractivity contribution < 1.29 is 14.7 Å². The highest BCUT2D eigenvalue weighted by Gasteiger charge is 2.14. The highest BCUT2D eigenvalue weighted by molar-refractivity contribution is 6.05. The van der Waals surface area contributed by atoms with Gasteiger partial charge in [0.05, 0.1) is 5.56 Å². The number of rotatable bonds is 5. The van der Waals surface area contributed by atoms with Gasteiger partial charge in [-0.2, -0.15) is 5.10 Å². The third-order valence-corrected chi connectivity index (χ3v) is 4.42. The summed E-state index contributed by atoms with van der Waals surface area (Å²) in [6.07, 6.45) is 4.79. The lowest BCUT2D eigenvalue weighted by atomic mass is 10.1. The van der Waals surface area contributed by atoms with Gasteiger partial charge in [-0.3, -0.25) is 14.3 Å². The van der Waals surface area contributed by atoms with Crippen LogP contribution in [0.2, 0.25) is 0 Å². The second-order valence-corrected chi connectivity index (χ2v) is 6.60. The van der Waals surface area contributed by atoms with E-state index in [9.17, 15) is 14.7 Å². The summed E-state index contributed by atoms with van der Waals surface area (Å²) in [6.45, 7) is 0.238. The van der Waals surface area contributed by atoms with Crippen LogP contribution in [0.15, 0.2) is 61.1 Å². The number of carbonyl (C=O) groups excluding carboxylic acids is 2. The molecule has 0 saturated carbocycles. The zero-order chi connectivity index (χ0) is 21.1. The summed E-state index contributed by atoms with van der Waals surface area (Å²) in [6, 6.07) is 11.7. The molecule has 30 heavy (non-hydrogen) atoms. The van der Waals surface area contributed by atoms with Gasteiger partial charge in [0, 0.05) is 37.6 Å². The van der Waals surface area contributed by atoms with Gasteiger partial charge in [0.25, 0.3) is 11.8 Å². The van der Waals surface area contributed by atoms with Gasteiger partial charge in [-0.15, -0.1) is 0 Å². The van der Waals surface area contributed by atoms with Crippen molar-refractivity contribution in [1.29, 1.82) is 0 Å². The van der Waals surface area contributed by atoms with Gasteiger partial charge in [-0.1, -0.05) is 12.1 Å². The summed E-state index contributed by atoms with van der Waals surface area (Å²) >= 11 is 0. The number of pyridine rings is 2. The number of fused-ring (bicyclic) bond motifs is 1. The molecular weight excluding hydrogens is 384 g/mol. The van der Waals surface area contributed by atoms with Crippen molar-refractivity contribution >= 4 is 28.5 Å². The fourth-order valence-corrected chi connectivity index (χ4v) is 3.03. The molecule has 3 N–H and O–H groups in total. The number of amides is 2. The van der Waals surface area contributed by atoms with Gasteiger partial charge in [0.1, 0.15) is 17.1 Å². The van der Waals surface area contributed by atoms with Crippen LogP contribution in [-0.4, -0.2) is 36.7 Å². The summed E-state index contributed by atoms with van der Waals surface area (Å²) in [4.78, 5) is 32.9. The van der Waals surface area contributed by atoms with Crippen LogP contribution in [0.5, 0.6) is 5.75 Å². The van der Waals surface area contributed by atoms with Crippen molar-refractivity contribution in [2.45, 2.75) is 6.54 Å². The number of aromatic nitrogens is 4. The topological polar surface area (TPSA) is 122 Å². The fraction of sp³-hybridized carbons (Fsp3) is 0.0952. The van der Waals surface area contributed by atoms with E-state index in [1.54, 1.807) is 29.9 Å². The molecule has 9 heteroatoms. The first-order valence-electron chi connectivity index (χ1n) is 9.12. The monoisotopic (exact) mass is 402 g/mol. The predicted octanol–water partition coefficient (Wildman–Crippen LogP) is 2.25. The van der Waals surface area contributed by atoms with Gasteiger partial charge in [0.2, 0.25) is 0 Å². The second-order valence-electron chi connectivity index (χ2n) is 6.60. The molecule has 4 aromatic rings. The normalized spacial score (nSPS) is 10.7. The Morgan fingerprint density at radius 1 is 1.07 bits per heavy atom. The summed E-state index contributed by atoms with van der Waals surface area (Å²) in [5.41, 5.74) is 1.77. The number of anilines is 1. The maximum Gasteiger partial charge on any atom is 0.279 e. The molecule has 3 heterocycles. The Balaban J connectivity index is 1.45. The minimum absolute atomic E-state index is 0.0959. The summed E-state index contributed by atoms with van der Waals surface area (Å²) in [5.74, 6) is -0.769. The Labute approximate surface area is 171 Å². The van der Waals surface area contributed by atoms with Crippen LogP contribution in [-0.2, 0) is 13.6 Å². The first-order chi connectivity index (χ1) is 14.5. The van der Waals surface area contributed by atoms with Crippen molar-refractivity contribution in [3.05, 3.63) is 77.9 Å². The lowest BCUT2D eigenvalue weighted by Crippen LogP contribution is -2.23. The van der Waals surface area contributed by atoms with E-state index >= 15 is 0 Å². The summed E-state index contributed by atoms with van der Waals surface area (Å²) in [7, 11) is 1.80. The Hall–Kier alpha value is -4.27. The Bertz CT molecular complexity index is 1250. The molecular formula is C21H18N6O3. The largest absolute Gasteiger partial charge is 0.505 e. The fourth-order valence-electron chi connectivity index (χ4n) is 3.03. The zero-order valence-corrected chi connectivity index (χ0v) is 16.0. The quantitative estimate of drug-likeness (QED) is 0.471. The molecule has 0 spiro atoms. The highest BCUT2D eigenvalue weighted by atomic mass is 16.3. The molecule has 4 rings (SSSR count). The smallest absolute Gasteiger partial charge is 0.279 e. The lowest BCUT2D eigenvalue weighted by molar-refractivity contribution is 0.0951. The molecule has 9 nitrogen and oxygen atoms in total. The predicted molar refractivity (Wildman–Crippen MR) is 110 cm³/mol. The Morgan fingerprint density at radius 3 is 2.77 bits per heavy atom. The van der Waals surface area contributed by atoms with Crippen molar-refractivity contribution in [2.24, 2.45) is 7.05 Å². The average Bonchev–Trinajstić information content (AvgIpc) is 3.12. The molecule has 0 radical (unpaired) electrons. The van der Waals surface area contributed by atoms with Crippen LogP contribution in [0, 0.1) is 0 Å². The van der Waals surface area contributed by atoms with Crippen LogP contribution in [0.1, 0.15) is 26.4 Å². The first-order valence-corrected chi connectivity index (χ1v) is 9.12. The minimum Gasteiger partial charge on any atom is -0.505 e. The van der Waals surface area contributed by atoms with Crippen molar-refractivity contribution in [3.8, 4) is 5.75 Å². The van der Waals surface area contributed by atoms with Gasteiger partial charge >= 0.3 is 0 Å². The van der Waals surface area contributed by atoms with E-state index in [0.29, 0.717) is 11.1 Å². The van der Waals surface area contributed by atoms with E-state index < -0.39 is 5.91 Å². The SMILES string of the molecule is Cn1cc2cccc(C(=O)NCc3ccnc(NC(=O)c4ncccc4O)c3)c2n1. The summed E-state index contributed by atoms with van der Waals surface area (Å²) in [5, 5.41) is 20.4. The zero-order valence-electron chi connectivity index (χ0n) is 16.0. The van der Waals surface area contributed by atoms with E-state index in [4.69, 9.17) is 0 Å². The molecule has 0 fully saturated rings. The van der Waals surface area contributed by atoms with Crippen LogP contribution in [0.25, 0.3) is 10.9 Å². The molecule has 0 aliphatic carbocycles. The van der Waals surface area contributed by atoms with Crippen molar-refractivity contribution in [3.63, 3.8) is 0 Å². The Kier molecular flexibility index (Phi) is 5.08. The average molecular weight is 402 g/mol. The molecule has 3 aromatic heterocycles. The van der Waals surface area contributed by atoms with E-state index in [1.165, 1.54) is 24.5 Å². The van der Waals surface area contributed by atoms with Crippen LogP contribution < -0.4 is 10.6 Å². The molecule has 0 aliphatic heterocycles. The number of benzene rings is 1. The van der Waals surface area contributed by atoms with Crippen molar-refractivity contribution in [2.75, 3.05) is 5.32 Å². The maximum absolute atomic E-state index is 12.6. The van der Waals surface area contributed by atoms with Gasteiger partial charge in [0.15, 0.2) is 5.69 Å². The van der Waals surface area contributed by atoms with Crippen molar-refractivity contribution in [1.82, 2.24) is 25.1 Å². The number of aromatic hydroxyl groups is 1. The number of hydrogen-bond acceptors (Lipinski definition) is 6. The molecule has 0 atom stereocenters. The molecule has 150 valence electrons. The molecule has 0 saturated heterocycles. The van der Waals surface area contributed by atoms with E-state index in [2.05, 4.69) is 25.7 Å². The summed E-state index contributed by atoms with van der Waals surface area (Å²) < 4.78 is 1.67. The molecule has 2 amide bonds. The van der Waals surface area contributed by atoms with E-state index in [-0.39, 0.29) is 29.7 Å². The lowest BCUT2D eigenvalue weighted by Gasteiger charge is -2.09. The van der Waals surface area contributed by atoms with Gasteiger partial charge < -0.3 is 15.7 Å². The van der Waals surface area contributed by atoms with Gasteiger partial charge in [-0.25, -0.2) is 9.97 Å².